The summed E-state index contributed by atoms with van der Waals surface area (Å²) in [5.74, 6) is -0.145. The van der Waals surface area contributed by atoms with Crippen LogP contribution in [0.2, 0.25) is 0 Å². The predicted molar refractivity (Wildman–Crippen MR) is 64.2 cm³/mol. The van der Waals surface area contributed by atoms with Gasteiger partial charge in [0.25, 0.3) is 0 Å². The van der Waals surface area contributed by atoms with Gasteiger partial charge in [0, 0.05) is 24.3 Å². The van der Waals surface area contributed by atoms with Gasteiger partial charge in [-0.1, -0.05) is 6.42 Å². The van der Waals surface area contributed by atoms with Gasteiger partial charge in [-0.2, -0.15) is 11.8 Å². The van der Waals surface area contributed by atoms with E-state index >= 15 is 0 Å². The van der Waals surface area contributed by atoms with E-state index in [0.717, 1.165) is 6.54 Å². The Morgan fingerprint density at radius 3 is 2.81 bits per heavy atom. The maximum absolute atomic E-state index is 11.8. The van der Waals surface area contributed by atoms with E-state index in [1.807, 2.05) is 11.8 Å². The molecule has 0 aromatic heterocycles. The van der Waals surface area contributed by atoms with E-state index < -0.39 is 0 Å². The third-order valence-corrected chi connectivity index (χ3v) is 5.05. The highest BCUT2D eigenvalue weighted by Crippen LogP contribution is 2.42. The molecule has 1 atom stereocenters. The number of carbonyl (C=O) groups is 2. The van der Waals surface area contributed by atoms with Gasteiger partial charge in [-0.05, 0) is 19.1 Å². The first-order valence-electron chi connectivity index (χ1n) is 5.75. The molecule has 4 nitrogen and oxygen atoms in total. The Morgan fingerprint density at radius 2 is 2.38 bits per heavy atom. The van der Waals surface area contributed by atoms with Crippen molar-refractivity contribution >= 4 is 23.6 Å². The molecule has 5 heteroatoms. The van der Waals surface area contributed by atoms with Crippen molar-refractivity contribution in [3.05, 3.63) is 0 Å². The maximum Gasteiger partial charge on any atom is 0.225 e. The summed E-state index contributed by atoms with van der Waals surface area (Å²) in [4.78, 5) is 22.8. The fourth-order valence-electron chi connectivity index (χ4n) is 2.21. The van der Waals surface area contributed by atoms with Gasteiger partial charge in [-0.25, -0.2) is 0 Å². The van der Waals surface area contributed by atoms with E-state index in [0.29, 0.717) is 13.0 Å². The fourth-order valence-corrected chi connectivity index (χ4v) is 3.12. The lowest BCUT2D eigenvalue weighted by molar-refractivity contribution is -0.126. The van der Waals surface area contributed by atoms with Crippen LogP contribution in [0, 0.1) is 5.92 Å². The first-order chi connectivity index (χ1) is 7.65. The van der Waals surface area contributed by atoms with Crippen LogP contribution in [-0.4, -0.2) is 35.9 Å². The smallest absolute Gasteiger partial charge is 0.225 e. The maximum atomic E-state index is 11.8. The Balaban J connectivity index is 1.77. The lowest BCUT2D eigenvalue weighted by Gasteiger charge is -2.40. The second kappa shape index (κ2) is 4.65. The summed E-state index contributed by atoms with van der Waals surface area (Å²) in [5.41, 5.74) is 0. The molecule has 2 amide bonds. The van der Waals surface area contributed by atoms with Crippen LogP contribution >= 0.6 is 11.8 Å². The number of hydrogen-bond acceptors (Lipinski definition) is 3. The third kappa shape index (κ3) is 2.34. The highest BCUT2D eigenvalue weighted by Gasteiger charge is 2.37. The van der Waals surface area contributed by atoms with Crippen molar-refractivity contribution in [1.82, 2.24) is 10.6 Å². The average Bonchev–Trinajstić information content (AvgIpc) is 2.64. The van der Waals surface area contributed by atoms with Crippen LogP contribution in [0.4, 0.5) is 0 Å². The van der Waals surface area contributed by atoms with Crippen LogP contribution < -0.4 is 10.6 Å². The summed E-state index contributed by atoms with van der Waals surface area (Å²) in [6.45, 7) is 1.24. The van der Waals surface area contributed by atoms with Crippen LogP contribution in [0.25, 0.3) is 0 Å². The zero-order valence-corrected chi connectivity index (χ0v) is 10.4. The molecule has 1 unspecified atom stereocenters. The van der Waals surface area contributed by atoms with Crippen molar-refractivity contribution < 1.29 is 9.59 Å². The summed E-state index contributed by atoms with van der Waals surface area (Å²) in [5, 5.41) is 5.67. The molecule has 1 heterocycles. The molecule has 2 aliphatic rings. The minimum atomic E-state index is -0.161. The number of nitrogens with one attached hydrogen (secondary N) is 2. The van der Waals surface area contributed by atoms with Gasteiger partial charge in [0.15, 0.2) is 0 Å². The second-order valence-electron chi connectivity index (χ2n) is 4.66. The standard InChI is InChI=1S/C11H18N2O2S/c1-16-11(3-2-4-11)7-13-10(15)8-5-9(14)12-6-8/h8H,2-7H2,1H3,(H,12,14)(H,13,15). The van der Waals surface area contributed by atoms with E-state index in [-0.39, 0.29) is 22.5 Å². The Labute approximate surface area is 99.9 Å². The molecule has 2 N–H and O–H groups in total. The molecule has 0 radical (unpaired) electrons. The number of rotatable bonds is 4. The highest BCUT2D eigenvalue weighted by atomic mass is 32.2. The molecule has 1 aliphatic heterocycles. The van der Waals surface area contributed by atoms with Crippen LogP contribution in [0.5, 0.6) is 0 Å². The predicted octanol–water partition coefficient (Wildman–Crippen LogP) is 0.524. The van der Waals surface area contributed by atoms with E-state index in [1.54, 1.807) is 0 Å². The first-order valence-corrected chi connectivity index (χ1v) is 6.97. The molecular weight excluding hydrogens is 224 g/mol. The molecule has 2 fully saturated rings. The van der Waals surface area contributed by atoms with Crippen molar-refractivity contribution in [1.29, 1.82) is 0 Å². The van der Waals surface area contributed by atoms with Crippen LogP contribution in [-0.2, 0) is 9.59 Å². The van der Waals surface area contributed by atoms with Gasteiger partial charge < -0.3 is 10.6 Å². The summed E-state index contributed by atoms with van der Waals surface area (Å²) in [6.07, 6.45) is 6.09. The second-order valence-corrected chi connectivity index (χ2v) is 5.94. The minimum absolute atomic E-state index is 0.0108. The molecule has 1 saturated carbocycles. The Hall–Kier alpha value is -0.710. The summed E-state index contributed by atoms with van der Waals surface area (Å²) < 4.78 is 0.270. The van der Waals surface area contributed by atoms with Crippen LogP contribution in [0.1, 0.15) is 25.7 Å². The molecule has 16 heavy (non-hydrogen) atoms. The molecule has 90 valence electrons. The minimum Gasteiger partial charge on any atom is -0.355 e. The van der Waals surface area contributed by atoms with Crippen molar-refractivity contribution in [2.45, 2.75) is 30.4 Å². The van der Waals surface area contributed by atoms with E-state index in [1.165, 1.54) is 19.3 Å². The summed E-state index contributed by atoms with van der Waals surface area (Å²) in [7, 11) is 0. The van der Waals surface area contributed by atoms with E-state index in [9.17, 15) is 9.59 Å². The number of carbonyl (C=O) groups excluding carboxylic acids is 2. The van der Waals surface area contributed by atoms with Crippen molar-refractivity contribution in [3.8, 4) is 0 Å². The van der Waals surface area contributed by atoms with Crippen molar-refractivity contribution in [3.63, 3.8) is 0 Å². The molecule has 1 aliphatic carbocycles. The SMILES string of the molecule is CSC1(CNC(=O)C2CNC(=O)C2)CCC1. The highest BCUT2D eigenvalue weighted by molar-refractivity contribution is 8.00. The Bertz CT molecular complexity index is 297. The molecule has 0 aromatic carbocycles. The van der Waals surface area contributed by atoms with Crippen LogP contribution in [0.15, 0.2) is 0 Å². The number of hydrogen-bond donors (Lipinski definition) is 2. The van der Waals surface area contributed by atoms with Crippen molar-refractivity contribution in [2.75, 3.05) is 19.3 Å². The summed E-state index contributed by atoms with van der Waals surface area (Å²) in [6, 6.07) is 0. The van der Waals surface area contributed by atoms with E-state index in [2.05, 4.69) is 16.9 Å². The lowest BCUT2D eigenvalue weighted by Crippen LogP contribution is -2.46. The normalized spacial score (nSPS) is 27.1. The van der Waals surface area contributed by atoms with Gasteiger partial charge in [0.1, 0.15) is 0 Å². The molecule has 2 rings (SSSR count). The molecule has 0 aromatic rings. The zero-order valence-electron chi connectivity index (χ0n) is 9.54. The molecule has 0 spiro atoms. The Kier molecular flexibility index (Phi) is 3.42. The summed E-state index contributed by atoms with van der Waals surface area (Å²) >= 11 is 1.85. The van der Waals surface area contributed by atoms with Gasteiger partial charge in [0.05, 0.1) is 5.92 Å². The van der Waals surface area contributed by atoms with Gasteiger partial charge >= 0.3 is 0 Å². The average molecular weight is 242 g/mol. The lowest BCUT2D eigenvalue weighted by atomic mass is 9.84. The quantitative estimate of drug-likeness (QED) is 0.756. The topological polar surface area (TPSA) is 58.2 Å². The largest absolute Gasteiger partial charge is 0.355 e. The van der Waals surface area contributed by atoms with Crippen molar-refractivity contribution in [2.24, 2.45) is 5.92 Å². The first kappa shape index (κ1) is 11.8. The number of thioether (sulfide) groups is 1. The number of amides is 2. The van der Waals surface area contributed by atoms with Gasteiger partial charge in [-0.3, -0.25) is 9.59 Å². The molecular formula is C11H18N2O2S. The van der Waals surface area contributed by atoms with Crippen LogP contribution in [0.3, 0.4) is 0 Å². The van der Waals surface area contributed by atoms with Gasteiger partial charge in [-0.15, -0.1) is 0 Å². The van der Waals surface area contributed by atoms with E-state index in [4.69, 9.17) is 0 Å². The van der Waals surface area contributed by atoms with Gasteiger partial charge in [0.2, 0.25) is 11.8 Å². The molecule has 0 bridgehead atoms. The monoisotopic (exact) mass is 242 g/mol. The fraction of sp³-hybridized carbons (Fsp3) is 0.818. The third-order valence-electron chi connectivity index (χ3n) is 3.63. The molecule has 1 saturated heterocycles. The Morgan fingerprint density at radius 1 is 1.62 bits per heavy atom. The zero-order chi connectivity index (χ0) is 11.6.